The Bertz CT molecular complexity index is 1680. The van der Waals surface area contributed by atoms with Crippen molar-refractivity contribution in [1.82, 2.24) is 0 Å². The Hall–Kier alpha value is -3.98. The number of esters is 2. The molecule has 0 spiro atoms. The molecule has 3 aromatic rings. The van der Waals surface area contributed by atoms with Crippen LogP contribution in [0.5, 0.6) is 0 Å². The standard InChI is InChI=1S/C12H11NO2.C11H9NO2.C10H9NO2.C2H4BrCl.B2.B.Li.2H2O/c1-13-12(7-8-12)10-6-4-3-5-9(10)11(14)15-2;1-12-11(6-7-11)9-5-3-2-4-8(9)10(13)14;1-11-7-8-5-3-4-6-9(8)10(12)13-2;3-1-2-4;1-2;;;;/h3-6H,7-8H2,2H3;2-5H,6-7H2,(H,13,14);3-6H,7H2,2H3;1-2H2;;;;2*1H2/q;;;;;;+1;;/p-1. The summed E-state index contributed by atoms with van der Waals surface area (Å²) in [5, 5.41) is 9.85. The van der Waals surface area contributed by atoms with Crippen LogP contribution in [0.2, 0.25) is 0 Å². The molecule has 2 saturated carbocycles. The van der Waals surface area contributed by atoms with Crippen LogP contribution >= 0.6 is 27.5 Å². The predicted molar refractivity (Wildman–Crippen MR) is 202 cm³/mol. The van der Waals surface area contributed by atoms with E-state index in [2.05, 4.69) is 50.7 Å². The summed E-state index contributed by atoms with van der Waals surface area (Å²) in [4.78, 5) is 44.0. The molecule has 4 N–H and O–H groups in total. The molecule has 17 heteroatoms. The van der Waals surface area contributed by atoms with Gasteiger partial charge in [-0.05, 0) is 18.2 Å². The Balaban J connectivity index is -0.000000298. The number of methoxy groups -OCH3 is 2. The molecule has 0 aromatic heterocycles. The third-order valence-electron chi connectivity index (χ3n) is 7.11. The fourth-order valence-corrected chi connectivity index (χ4v) is 4.42. The maximum Gasteiger partial charge on any atom is 1.00 e. The van der Waals surface area contributed by atoms with Gasteiger partial charge >= 0.3 is 36.8 Å². The minimum absolute atomic E-state index is 0. The van der Waals surface area contributed by atoms with Crippen LogP contribution in [0, 0.1) is 19.7 Å². The second kappa shape index (κ2) is 28.6. The second-order valence-corrected chi connectivity index (χ2v) is 11.2. The first kappa shape index (κ1) is 54.8. The number of hydrogen-bond donors (Lipinski definition) is 1. The van der Waals surface area contributed by atoms with E-state index < -0.39 is 17.0 Å². The summed E-state index contributed by atoms with van der Waals surface area (Å²) in [6, 6.07) is 20.9. The molecule has 0 atom stereocenters. The molecular weight excluding hydrogens is 745 g/mol. The molecule has 0 saturated heterocycles. The van der Waals surface area contributed by atoms with E-state index in [1.165, 1.54) is 14.2 Å². The number of carbonyl (C=O) groups excluding carboxylic acids is 2. The summed E-state index contributed by atoms with van der Waals surface area (Å²) in [5.74, 6) is -0.990. The largest absolute Gasteiger partial charge is 1.00 e. The molecule has 0 unspecified atom stereocenters. The molecule has 2 aliphatic rings. The molecule has 11 nitrogen and oxygen atoms in total. The SMILES string of the molecule is ClCCBr.O.[B].[B][B].[C-]#[N+]C1(c2ccccc2C(=O)O)CC1.[C-]#[N+]C1(c2ccccc2C(=O)OC)CC1.[C-]#[N+]Cc1ccccc1C(=O)OC.[Li+].[OH-]. The van der Waals surface area contributed by atoms with Gasteiger partial charge in [-0.3, -0.25) is 0 Å². The topological polar surface area (TPSA) is 164 Å². The summed E-state index contributed by atoms with van der Waals surface area (Å²) in [5.41, 5.74) is 2.47. The van der Waals surface area contributed by atoms with Crippen LogP contribution in [0.4, 0.5) is 0 Å². The third-order valence-corrected chi connectivity index (χ3v) is 8.15. The summed E-state index contributed by atoms with van der Waals surface area (Å²) in [6.45, 7) is 21.2. The number of carboxylic acid groups (broad SMARTS) is 1. The molecule has 263 valence electrons. The minimum atomic E-state index is -0.949. The fourth-order valence-electron chi connectivity index (χ4n) is 4.42. The van der Waals surface area contributed by atoms with E-state index in [0.717, 1.165) is 36.6 Å². The number of aromatic carboxylic acids is 1. The van der Waals surface area contributed by atoms with Gasteiger partial charge in [0.15, 0.2) is 0 Å². The molecule has 0 heterocycles. The average molecular weight is 781 g/mol. The molecule has 3 aromatic carbocycles. The van der Waals surface area contributed by atoms with E-state index in [1.54, 1.807) is 60.7 Å². The number of rotatable bonds is 7. The number of alkyl halides is 2. The maximum absolute atomic E-state index is 11.5. The number of hydrogen-bond acceptors (Lipinski definition) is 6. The zero-order valence-electron chi connectivity index (χ0n) is 29.1. The van der Waals surface area contributed by atoms with Crippen LogP contribution in [0.15, 0.2) is 72.8 Å². The third kappa shape index (κ3) is 15.7. The molecule has 2 aliphatic carbocycles. The van der Waals surface area contributed by atoms with Gasteiger partial charge in [0.2, 0.25) is 6.54 Å². The summed E-state index contributed by atoms with van der Waals surface area (Å²) < 4.78 is 9.28. The smallest absolute Gasteiger partial charge is 0.870 e. The van der Waals surface area contributed by atoms with Crippen LogP contribution in [0.1, 0.15) is 73.4 Å². The Labute approximate surface area is 335 Å². The maximum atomic E-state index is 11.5. The summed E-state index contributed by atoms with van der Waals surface area (Å²) in [6.07, 6.45) is 3.23. The van der Waals surface area contributed by atoms with Crippen molar-refractivity contribution in [2.24, 2.45) is 0 Å². The monoisotopic (exact) mass is 780 g/mol. The molecule has 0 amide bonds. The molecule has 52 heavy (non-hydrogen) atoms. The van der Waals surface area contributed by atoms with Crippen LogP contribution in [0.3, 0.4) is 0 Å². The second-order valence-electron chi connectivity index (χ2n) is 10.0. The van der Waals surface area contributed by atoms with Gasteiger partial charge in [-0.25, -0.2) is 34.1 Å². The molecule has 7 radical (unpaired) electrons. The van der Waals surface area contributed by atoms with Gasteiger partial charge in [-0.15, -0.1) is 11.6 Å². The molecular formula is C35H36B3BrClLiN3O8. The van der Waals surface area contributed by atoms with Gasteiger partial charge in [-0.2, -0.15) is 0 Å². The first-order valence-electron chi connectivity index (χ1n) is 14.4. The van der Waals surface area contributed by atoms with E-state index in [4.69, 9.17) is 41.2 Å². The number of halogens is 2. The van der Waals surface area contributed by atoms with E-state index in [-0.39, 0.29) is 62.3 Å². The van der Waals surface area contributed by atoms with Crippen molar-refractivity contribution in [3.05, 3.63) is 140 Å². The molecule has 5 rings (SSSR count). The van der Waals surface area contributed by atoms with Crippen molar-refractivity contribution in [1.29, 1.82) is 0 Å². The van der Waals surface area contributed by atoms with Crippen molar-refractivity contribution in [2.75, 3.05) is 25.4 Å². The van der Waals surface area contributed by atoms with Gasteiger partial charge in [0, 0.05) is 66.3 Å². The zero-order valence-corrected chi connectivity index (χ0v) is 31.5. The number of carboxylic acids is 1. The number of benzene rings is 3. The van der Waals surface area contributed by atoms with Crippen molar-refractivity contribution in [2.45, 2.75) is 43.3 Å². The van der Waals surface area contributed by atoms with Crippen molar-refractivity contribution in [3.63, 3.8) is 0 Å². The molecule has 0 aliphatic heterocycles. The first-order valence-corrected chi connectivity index (χ1v) is 16.0. The van der Waals surface area contributed by atoms with Crippen LogP contribution < -0.4 is 18.9 Å². The van der Waals surface area contributed by atoms with Crippen molar-refractivity contribution in [3.8, 4) is 0 Å². The Morgan fingerprint density at radius 1 is 0.788 bits per heavy atom. The normalized spacial score (nSPS) is 12.2. The molecule has 2 fully saturated rings. The van der Waals surface area contributed by atoms with Crippen LogP contribution in [-0.4, -0.2) is 83.3 Å². The summed E-state index contributed by atoms with van der Waals surface area (Å²) >= 11 is 8.26. The van der Waals surface area contributed by atoms with Crippen molar-refractivity contribution >= 4 is 69.3 Å². The Morgan fingerprint density at radius 3 is 1.48 bits per heavy atom. The van der Waals surface area contributed by atoms with Crippen LogP contribution in [0.25, 0.3) is 14.5 Å². The van der Waals surface area contributed by atoms with E-state index in [1.807, 2.05) is 12.1 Å². The minimum Gasteiger partial charge on any atom is -0.870 e. The van der Waals surface area contributed by atoms with Crippen LogP contribution in [-0.2, 0) is 27.1 Å². The van der Waals surface area contributed by atoms with Gasteiger partial charge in [0.25, 0.3) is 11.1 Å². The Kier molecular flexibility index (Phi) is 30.1. The van der Waals surface area contributed by atoms with Crippen molar-refractivity contribution < 1.29 is 58.8 Å². The van der Waals surface area contributed by atoms with Gasteiger partial charge in [0.1, 0.15) is 0 Å². The molecule has 0 bridgehead atoms. The predicted octanol–water partition coefficient (Wildman–Crippen LogP) is 3.05. The van der Waals surface area contributed by atoms with E-state index in [0.29, 0.717) is 28.1 Å². The Morgan fingerprint density at radius 2 is 1.13 bits per heavy atom. The van der Waals surface area contributed by atoms with Gasteiger partial charge in [-0.1, -0.05) is 70.5 Å². The zero-order chi connectivity index (χ0) is 36.2. The fraction of sp³-hybridized carbons (Fsp3) is 0.314. The van der Waals surface area contributed by atoms with Gasteiger partial charge in [0.05, 0.1) is 42.0 Å². The number of nitrogens with zero attached hydrogens (tertiary/aromatic N) is 3. The quantitative estimate of drug-likeness (QED) is 0.167. The first-order chi connectivity index (χ1) is 23.1. The number of ether oxygens (including phenoxy) is 2. The van der Waals surface area contributed by atoms with E-state index in [9.17, 15) is 14.4 Å². The van der Waals surface area contributed by atoms with E-state index >= 15 is 0 Å². The van der Waals surface area contributed by atoms with Gasteiger partial charge < -0.3 is 40.1 Å². The summed E-state index contributed by atoms with van der Waals surface area (Å²) in [7, 11) is 10.7. The average Bonchev–Trinajstić information content (AvgIpc) is 4.09. The number of carbonyl (C=O) groups is 3.